The summed E-state index contributed by atoms with van der Waals surface area (Å²) in [5.41, 5.74) is 7.14. The van der Waals surface area contributed by atoms with E-state index in [4.69, 9.17) is 27.4 Å². The molecule has 1 rings (SSSR count). The molecule has 0 aromatic carbocycles. The van der Waals surface area contributed by atoms with E-state index in [0.29, 0.717) is 30.5 Å². The third kappa shape index (κ3) is 5.53. The predicted octanol–water partition coefficient (Wildman–Crippen LogP) is 2.05. The van der Waals surface area contributed by atoms with Gasteiger partial charge >= 0.3 is 0 Å². The van der Waals surface area contributed by atoms with Crippen LogP contribution < -0.4 is 5.73 Å². The number of aromatic nitrogens is 1. The molecule has 2 N–H and O–H groups in total. The minimum Gasteiger partial charge on any atom is -0.388 e. The van der Waals surface area contributed by atoms with Gasteiger partial charge in [0.2, 0.25) is 0 Å². The first kappa shape index (κ1) is 15.0. The minimum atomic E-state index is 0.299. The van der Waals surface area contributed by atoms with Gasteiger partial charge in [0.15, 0.2) is 0 Å². The lowest BCUT2D eigenvalue weighted by molar-refractivity contribution is 0.0395. The average molecular weight is 268 g/mol. The van der Waals surface area contributed by atoms with Crippen LogP contribution >= 0.6 is 12.2 Å². The van der Waals surface area contributed by atoms with Crippen molar-refractivity contribution in [2.45, 2.75) is 26.4 Å². The molecule has 0 aliphatic rings. The Bertz CT molecular complexity index is 372. The molecule has 1 aromatic rings. The Balaban J connectivity index is 2.25. The molecule has 1 aromatic heterocycles. The fraction of sp³-hybridized carbons (Fsp3) is 0.538. The van der Waals surface area contributed by atoms with Crippen molar-refractivity contribution in [3.8, 4) is 0 Å². The van der Waals surface area contributed by atoms with Crippen molar-refractivity contribution >= 4 is 17.2 Å². The number of thiocarbonyl (C=S) groups is 1. The second-order valence-corrected chi connectivity index (χ2v) is 4.33. The van der Waals surface area contributed by atoms with Crippen LogP contribution in [0.1, 0.15) is 31.0 Å². The smallest absolute Gasteiger partial charge is 0.123 e. The molecule has 0 saturated carbocycles. The van der Waals surface area contributed by atoms with Crippen molar-refractivity contribution in [2.75, 3.05) is 19.8 Å². The van der Waals surface area contributed by atoms with Gasteiger partial charge in [-0.05, 0) is 12.5 Å². The van der Waals surface area contributed by atoms with Gasteiger partial charge in [0.05, 0.1) is 19.8 Å². The summed E-state index contributed by atoms with van der Waals surface area (Å²) < 4.78 is 10.9. The fourth-order valence-corrected chi connectivity index (χ4v) is 1.61. The summed E-state index contributed by atoms with van der Waals surface area (Å²) in [4.78, 5) is 4.44. The molecule has 0 fully saturated rings. The monoisotopic (exact) mass is 268 g/mol. The van der Waals surface area contributed by atoms with Crippen LogP contribution in [0.2, 0.25) is 0 Å². The molecule has 18 heavy (non-hydrogen) atoms. The first-order valence-corrected chi connectivity index (χ1v) is 6.55. The number of pyridine rings is 1. The molecule has 0 unspecified atom stereocenters. The SMILES string of the molecule is CCCCOCCOCc1cccnc1C(N)=S. The summed E-state index contributed by atoms with van der Waals surface area (Å²) in [5.74, 6) is 0. The highest BCUT2D eigenvalue weighted by Gasteiger charge is 2.05. The van der Waals surface area contributed by atoms with E-state index in [1.165, 1.54) is 0 Å². The van der Waals surface area contributed by atoms with Crippen LogP contribution in [-0.2, 0) is 16.1 Å². The highest BCUT2D eigenvalue weighted by atomic mass is 32.1. The first-order valence-electron chi connectivity index (χ1n) is 6.15. The molecule has 0 aliphatic carbocycles. The van der Waals surface area contributed by atoms with Gasteiger partial charge in [-0.2, -0.15) is 0 Å². The number of hydrogen-bond donors (Lipinski definition) is 1. The molecule has 4 nitrogen and oxygen atoms in total. The Morgan fingerprint density at radius 1 is 1.33 bits per heavy atom. The van der Waals surface area contributed by atoms with E-state index >= 15 is 0 Å². The number of nitrogens with zero attached hydrogens (tertiary/aromatic N) is 1. The Morgan fingerprint density at radius 2 is 2.11 bits per heavy atom. The quantitative estimate of drug-likeness (QED) is 0.548. The molecule has 0 radical (unpaired) electrons. The lowest BCUT2D eigenvalue weighted by Crippen LogP contribution is -2.15. The van der Waals surface area contributed by atoms with Gasteiger partial charge in [-0.1, -0.05) is 31.6 Å². The summed E-state index contributed by atoms with van der Waals surface area (Å²) in [6.07, 6.45) is 3.91. The third-order valence-electron chi connectivity index (χ3n) is 2.40. The van der Waals surface area contributed by atoms with E-state index in [1.807, 2.05) is 12.1 Å². The molecule has 0 aliphatic heterocycles. The molecular weight excluding hydrogens is 248 g/mol. The zero-order valence-corrected chi connectivity index (χ0v) is 11.5. The maximum absolute atomic E-state index is 5.59. The van der Waals surface area contributed by atoms with Crippen LogP contribution in [0.3, 0.4) is 0 Å². The Kier molecular flexibility index (Phi) is 7.48. The normalized spacial score (nSPS) is 10.5. The van der Waals surface area contributed by atoms with Gasteiger partial charge in [-0.15, -0.1) is 0 Å². The van der Waals surface area contributed by atoms with E-state index in [2.05, 4.69) is 11.9 Å². The van der Waals surface area contributed by atoms with Gasteiger partial charge in [-0.3, -0.25) is 4.98 Å². The molecule has 0 saturated heterocycles. The zero-order chi connectivity index (χ0) is 13.2. The molecule has 0 bridgehead atoms. The number of hydrogen-bond acceptors (Lipinski definition) is 4. The van der Waals surface area contributed by atoms with Crippen molar-refractivity contribution in [2.24, 2.45) is 5.73 Å². The minimum absolute atomic E-state index is 0.299. The second kappa shape index (κ2) is 8.97. The maximum Gasteiger partial charge on any atom is 0.123 e. The van der Waals surface area contributed by atoms with E-state index in [1.54, 1.807) is 6.20 Å². The van der Waals surface area contributed by atoms with Crippen LogP contribution in [0.25, 0.3) is 0 Å². The van der Waals surface area contributed by atoms with Gasteiger partial charge in [0.1, 0.15) is 10.7 Å². The summed E-state index contributed by atoms with van der Waals surface area (Å²) >= 11 is 4.93. The van der Waals surface area contributed by atoms with Crippen molar-refractivity contribution in [3.05, 3.63) is 29.6 Å². The van der Waals surface area contributed by atoms with Crippen LogP contribution in [0.4, 0.5) is 0 Å². The predicted molar refractivity (Wildman–Crippen MR) is 75.5 cm³/mol. The van der Waals surface area contributed by atoms with E-state index in [-0.39, 0.29) is 0 Å². The second-order valence-electron chi connectivity index (χ2n) is 3.89. The summed E-state index contributed by atoms with van der Waals surface area (Å²) in [6, 6.07) is 3.76. The standard InChI is InChI=1S/C13H20N2O2S/c1-2-3-7-16-8-9-17-10-11-5-4-6-15-12(11)13(14)18/h4-6H,2-3,7-10H2,1H3,(H2,14,18). The molecule has 0 amide bonds. The van der Waals surface area contributed by atoms with E-state index in [9.17, 15) is 0 Å². The van der Waals surface area contributed by atoms with Crippen molar-refractivity contribution in [1.82, 2.24) is 4.98 Å². The highest BCUT2D eigenvalue weighted by Crippen LogP contribution is 2.06. The fourth-order valence-electron chi connectivity index (χ4n) is 1.43. The highest BCUT2D eigenvalue weighted by molar-refractivity contribution is 7.80. The van der Waals surface area contributed by atoms with Gasteiger partial charge in [0.25, 0.3) is 0 Å². The van der Waals surface area contributed by atoms with Gasteiger partial charge < -0.3 is 15.2 Å². The Morgan fingerprint density at radius 3 is 2.83 bits per heavy atom. The number of unbranched alkanes of at least 4 members (excludes halogenated alkanes) is 1. The average Bonchev–Trinajstić information content (AvgIpc) is 2.38. The lowest BCUT2D eigenvalue weighted by Gasteiger charge is -2.08. The van der Waals surface area contributed by atoms with Crippen LogP contribution in [0, 0.1) is 0 Å². The zero-order valence-electron chi connectivity index (χ0n) is 10.7. The third-order valence-corrected chi connectivity index (χ3v) is 2.59. The van der Waals surface area contributed by atoms with Gasteiger partial charge in [-0.25, -0.2) is 0 Å². The van der Waals surface area contributed by atoms with E-state index < -0.39 is 0 Å². The topological polar surface area (TPSA) is 57.4 Å². The maximum atomic E-state index is 5.59. The number of nitrogens with two attached hydrogens (primary N) is 1. The first-order chi connectivity index (χ1) is 8.75. The van der Waals surface area contributed by atoms with Crippen molar-refractivity contribution in [1.29, 1.82) is 0 Å². The van der Waals surface area contributed by atoms with E-state index in [0.717, 1.165) is 25.0 Å². The molecular formula is C13H20N2O2S. The summed E-state index contributed by atoms with van der Waals surface area (Å²) in [6.45, 7) is 4.57. The van der Waals surface area contributed by atoms with Crippen molar-refractivity contribution < 1.29 is 9.47 Å². The Labute approximate surface area is 113 Å². The summed E-state index contributed by atoms with van der Waals surface area (Å²) in [7, 11) is 0. The molecule has 0 atom stereocenters. The molecule has 100 valence electrons. The summed E-state index contributed by atoms with van der Waals surface area (Å²) in [5, 5.41) is 0. The molecule has 5 heteroatoms. The van der Waals surface area contributed by atoms with Crippen LogP contribution in [-0.4, -0.2) is 29.8 Å². The molecule has 0 spiro atoms. The Hall–Kier alpha value is -1.04. The number of rotatable bonds is 9. The van der Waals surface area contributed by atoms with Crippen LogP contribution in [0.5, 0.6) is 0 Å². The van der Waals surface area contributed by atoms with Crippen molar-refractivity contribution in [3.63, 3.8) is 0 Å². The number of ether oxygens (including phenoxy) is 2. The largest absolute Gasteiger partial charge is 0.388 e. The lowest BCUT2D eigenvalue weighted by atomic mass is 10.2. The van der Waals surface area contributed by atoms with Gasteiger partial charge in [0, 0.05) is 18.4 Å². The molecule has 1 heterocycles. The van der Waals surface area contributed by atoms with Crippen LogP contribution in [0.15, 0.2) is 18.3 Å².